The summed E-state index contributed by atoms with van der Waals surface area (Å²) >= 11 is 0. The number of hydrogen-bond donors (Lipinski definition) is 3. The Labute approximate surface area is 98.7 Å². The average molecular weight is 236 g/mol. The molecule has 92 valence electrons. The zero-order valence-electron chi connectivity index (χ0n) is 9.57. The van der Waals surface area contributed by atoms with Crippen molar-refractivity contribution in [1.29, 1.82) is 0 Å². The van der Waals surface area contributed by atoms with E-state index in [0.29, 0.717) is 12.4 Å². The lowest BCUT2D eigenvalue weighted by Gasteiger charge is -2.23. The Morgan fingerprint density at radius 2 is 2.29 bits per heavy atom. The molecule has 2 aliphatic rings. The average Bonchev–Trinajstić information content (AvgIpc) is 2.82. The van der Waals surface area contributed by atoms with Crippen LogP contribution < -0.4 is 10.6 Å². The number of carbonyl (C=O) groups excluding carboxylic acids is 1. The lowest BCUT2D eigenvalue weighted by atomic mass is 9.92. The second-order valence-electron chi connectivity index (χ2n) is 4.91. The van der Waals surface area contributed by atoms with Crippen molar-refractivity contribution < 1.29 is 4.79 Å². The molecule has 1 spiro atoms. The summed E-state index contributed by atoms with van der Waals surface area (Å²) in [5.41, 5.74) is 0.284. The van der Waals surface area contributed by atoms with Crippen LogP contribution in [0, 0.1) is 11.3 Å². The molecular formula is C10H16N6O. The van der Waals surface area contributed by atoms with Crippen LogP contribution in [0.2, 0.25) is 0 Å². The highest BCUT2D eigenvalue weighted by Crippen LogP contribution is 2.58. The second-order valence-corrected chi connectivity index (χ2v) is 4.91. The summed E-state index contributed by atoms with van der Waals surface area (Å²) in [6, 6.07) is 0. The Bertz CT molecular complexity index is 397. The molecule has 2 fully saturated rings. The van der Waals surface area contributed by atoms with Crippen LogP contribution in [-0.2, 0) is 11.3 Å². The van der Waals surface area contributed by atoms with Gasteiger partial charge in [0.15, 0.2) is 5.82 Å². The minimum Gasteiger partial charge on any atom is -0.348 e. The predicted octanol–water partition coefficient (Wildman–Crippen LogP) is -0.794. The molecule has 1 amide bonds. The molecule has 1 aliphatic carbocycles. The van der Waals surface area contributed by atoms with E-state index in [4.69, 9.17) is 0 Å². The van der Waals surface area contributed by atoms with Gasteiger partial charge >= 0.3 is 0 Å². The zero-order chi connectivity index (χ0) is 11.7. The first-order valence-corrected chi connectivity index (χ1v) is 6.01. The molecule has 1 aromatic rings. The maximum absolute atomic E-state index is 12.0. The number of nitrogens with one attached hydrogen (secondary N) is 3. The molecule has 0 bridgehead atoms. The van der Waals surface area contributed by atoms with E-state index in [0.717, 1.165) is 32.4 Å². The molecule has 1 aliphatic heterocycles. The highest BCUT2D eigenvalue weighted by Gasteiger charge is 2.57. The first-order valence-electron chi connectivity index (χ1n) is 6.01. The van der Waals surface area contributed by atoms with Crippen LogP contribution in [0.1, 0.15) is 25.1 Å². The number of aromatic nitrogens is 4. The van der Waals surface area contributed by atoms with Gasteiger partial charge in [-0.15, -0.1) is 10.2 Å². The molecule has 1 aromatic heterocycles. The molecule has 3 rings (SSSR count). The van der Waals surface area contributed by atoms with Gasteiger partial charge in [-0.1, -0.05) is 5.21 Å². The highest BCUT2D eigenvalue weighted by atomic mass is 16.2. The Hall–Kier alpha value is -1.50. The molecule has 7 heteroatoms. The van der Waals surface area contributed by atoms with Crippen molar-refractivity contribution in [3.63, 3.8) is 0 Å². The lowest BCUT2D eigenvalue weighted by molar-refractivity contribution is -0.123. The molecule has 1 saturated heterocycles. The van der Waals surface area contributed by atoms with E-state index in [1.54, 1.807) is 0 Å². The third-order valence-corrected chi connectivity index (χ3v) is 3.92. The third kappa shape index (κ3) is 2.02. The fourth-order valence-corrected chi connectivity index (χ4v) is 2.74. The molecule has 3 N–H and O–H groups in total. The van der Waals surface area contributed by atoms with Crippen LogP contribution in [0.15, 0.2) is 0 Å². The first-order chi connectivity index (χ1) is 8.30. The van der Waals surface area contributed by atoms with Gasteiger partial charge in [0.1, 0.15) is 0 Å². The minimum absolute atomic E-state index is 0.136. The monoisotopic (exact) mass is 236 g/mol. The number of aromatic amines is 1. The summed E-state index contributed by atoms with van der Waals surface area (Å²) in [4.78, 5) is 12.0. The van der Waals surface area contributed by atoms with Gasteiger partial charge in [0.25, 0.3) is 0 Å². The number of carbonyl (C=O) groups is 1. The van der Waals surface area contributed by atoms with E-state index in [1.165, 1.54) is 0 Å². The van der Waals surface area contributed by atoms with E-state index in [9.17, 15) is 4.79 Å². The number of nitrogens with zero attached hydrogens (tertiary/aromatic N) is 3. The van der Waals surface area contributed by atoms with E-state index in [-0.39, 0.29) is 17.2 Å². The van der Waals surface area contributed by atoms with Gasteiger partial charge in [0, 0.05) is 5.92 Å². The third-order valence-electron chi connectivity index (χ3n) is 3.92. The van der Waals surface area contributed by atoms with Crippen LogP contribution in [0.5, 0.6) is 0 Å². The second kappa shape index (κ2) is 4.06. The smallest absolute Gasteiger partial charge is 0.224 e. The fraction of sp³-hybridized carbons (Fsp3) is 0.800. The van der Waals surface area contributed by atoms with E-state index < -0.39 is 0 Å². The summed E-state index contributed by atoms with van der Waals surface area (Å²) < 4.78 is 0. The van der Waals surface area contributed by atoms with Crippen LogP contribution in [0.3, 0.4) is 0 Å². The van der Waals surface area contributed by atoms with Crippen molar-refractivity contribution >= 4 is 5.91 Å². The molecule has 1 atom stereocenters. The Morgan fingerprint density at radius 3 is 3.00 bits per heavy atom. The fourth-order valence-electron chi connectivity index (χ4n) is 2.74. The Balaban J connectivity index is 1.51. The molecule has 0 aromatic carbocycles. The van der Waals surface area contributed by atoms with Crippen LogP contribution in [0.25, 0.3) is 0 Å². The standard InChI is InChI=1S/C10H16N6O/c17-9(12-6-8-13-15-16-14-8)7-5-10(7)1-3-11-4-2-10/h7,11H,1-6H2,(H,12,17)(H,13,14,15,16). The first kappa shape index (κ1) is 10.6. The molecule has 1 unspecified atom stereocenters. The number of piperidine rings is 1. The molecule has 1 saturated carbocycles. The topological polar surface area (TPSA) is 95.6 Å². The SMILES string of the molecule is O=C(NCc1nn[nH]n1)C1CC12CCNCC2. The maximum Gasteiger partial charge on any atom is 0.224 e. The summed E-state index contributed by atoms with van der Waals surface area (Å²) in [5, 5.41) is 19.6. The van der Waals surface area contributed by atoms with Crippen molar-refractivity contribution in [2.24, 2.45) is 11.3 Å². The van der Waals surface area contributed by atoms with Crippen molar-refractivity contribution in [2.75, 3.05) is 13.1 Å². The van der Waals surface area contributed by atoms with Crippen LogP contribution >= 0.6 is 0 Å². The summed E-state index contributed by atoms with van der Waals surface area (Å²) in [5.74, 6) is 0.853. The maximum atomic E-state index is 12.0. The number of rotatable bonds is 3. The van der Waals surface area contributed by atoms with E-state index in [1.807, 2.05) is 0 Å². The van der Waals surface area contributed by atoms with Crippen molar-refractivity contribution in [1.82, 2.24) is 31.3 Å². The number of H-pyrrole nitrogens is 1. The van der Waals surface area contributed by atoms with Crippen LogP contribution in [0.4, 0.5) is 0 Å². The number of hydrogen-bond acceptors (Lipinski definition) is 5. The lowest BCUT2D eigenvalue weighted by Crippen LogP contribution is -2.33. The molecule has 0 radical (unpaired) electrons. The van der Waals surface area contributed by atoms with Gasteiger partial charge in [-0.2, -0.15) is 5.21 Å². The largest absolute Gasteiger partial charge is 0.348 e. The minimum atomic E-state index is 0.136. The van der Waals surface area contributed by atoms with Gasteiger partial charge in [0.2, 0.25) is 5.91 Å². The van der Waals surface area contributed by atoms with E-state index >= 15 is 0 Å². The Morgan fingerprint density at radius 1 is 1.47 bits per heavy atom. The summed E-state index contributed by atoms with van der Waals surface area (Å²) in [7, 11) is 0. The van der Waals surface area contributed by atoms with Gasteiger partial charge in [-0.3, -0.25) is 4.79 Å². The molecule has 2 heterocycles. The van der Waals surface area contributed by atoms with Crippen molar-refractivity contribution in [3.8, 4) is 0 Å². The van der Waals surface area contributed by atoms with Gasteiger partial charge in [-0.25, -0.2) is 0 Å². The highest BCUT2D eigenvalue weighted by molar-refractivity contribution is 5.82. The zero-order valence-corrected chi connectivity index (χ0v) is 9.57. The van der Waals surface area contributed by atoms with Gasteiger partial charge < -0.3 is 10.6 Å². The van der Waals surface area contributed by atoms with Crippen molar-refractivity contribution in [3.05, 3.63) is 5.82 Å². The molecule has 17 heavy (non-hydrogen) atoms. The summed E-state index contributed by atoms with van der Waals surface area (Å²) in [6.07, 6.45) is 3.27. The predicted molar refractivity (Wildman–Crippen MR) is 58.7 cm³/mol. The van der Waals surface area contributed by atoms with Crippen molar-refractivity contribution in [2.45, 2.75) is 25.8 Å². The molecular weight excluding hydrogens is 220 g/mol. The van der Waals surface area contributed by atoms with Crippen LogP contribution in [-0.4, -0.2) is 39.6 Å². The quantitative estimate of drug-likeness (QED) is 0.639. The summed E-state index contributed by atoms with van der Waals surface area (Å²) in [6.45, 7) is 2.43. The number of tetrazole rings is 1. The molecule has 7 nitrogen and oxygen atoms in total. The van der Waals surface area contributed by atoms with Gasteiger partial charge in [0.05, 0.1) is 6.54 Å². The number of amides is 1. The van der Waals surface area contributed by atoms with Gasteiger partial charge in [-0.05, 0) is 37.8 Å². The normalized spacial score (nSPS) is 25.8. The van der Waals surface area contributed by atoms with E-state index in [2.05, 4.69) is 31.3 Å². The Kier molecular flexibility index (Phi) is 2.54.